The molecule has 0 saturated carbocycles. The van der Waals surface area contributed by atoms with Gasteiger partial charge in [0.2, 0.25) is 0 Å². The molecule has 20 heavy (non-hydrogen) atoms. The maximum atomic E-state index is 6.04. The number of oxazole rings is 1. The van der Waals surface area contributed by atoms with Crippen LogP contribution in [0.25, 0.3) is 11.3 Å². The molecular formula is C15H18BrClN2O. The number of aromatic nitrogens is 1. The van der Waals surface area contributed by atoms with E-state index in [1.807, 2.05) is 18.2 Å². The van der Waals surface area contributed by atoms with E-state index >= 15 is 0 Å². The first kappa shape index (κ1) is 15.5. The van der Waals surface area contributed by atoms with Gasteiger partial charge in [-0.05, 0) is 39.0 Å². The van der Waals surface area contributed by atoms with E-state index in [1.54, 1.807) is 6.20 Å². The van der Waals surface area contributed by atoms with Gasteiger partial charge in [-0.25, -0.2) is 4.98 Å². The van der Waals surface area contributed by atoms with Gasteiger partial charge in [-0.15, -0.1) is 0 Å². The molecule has 0 unspecified atom stereocenters. The maximum absolute atomic E-state index is 6.04. The molecule has 108 valence electrons. The molecule has 1 heterocycles. The van der Waals surface area contributed by atoms with Crippen molar-refractivity contribution in [2.45, 2.75) is 32.7 Å². The Morgan fingerprint density at radius 1 is 1.30 bits per heavy atom. The lowest BCUT2D eigenvalue weighted by molar-refractivity contribution is 0.412. The monoisotopic (exact) mass is 356 g/mol. The molecule has 3 nitrogen and oxygen atoms in total. The third kappa shape index (κ3) is 4.62. The Balaban J connectivity index is 2.05. The number of hydrogen-bond acceptors (Lipinski definition) is 3. The van der Waals surface area contributed by atoms with Gasteiger partial charge in [-0.1, -0.05) is 27.5 Å². The number of rotatable bonds is 4. The van der Waals surface area contributed by atoms with Crippen LogP contribution in [-0.2, 0) is 6.42 Å². The summed E-state index contributed by atoms with van der Waals surface area (Å²) in [5.74, 6) is 1.46. The lowest BCUT2D eigenvalue weighted by atomic mass is 10.1. The number of halogens is 2. The predicted molar refractivity (Wildman–Crippen MR) is 86.1 cm³/mol. The second-order valence-electron chi connectivity index (χ2n) is 5.70. The molecule has 0 aliphatic carbocycles. The van der Waals surface area contributed by atoms with Gasteiger partial charge in [0.1, 0.15) is 0 Å². The molecule has 0 bridgehead atoms. The molecule has 0 aliphatic rings. The third-order valence-electron chi connectivity index (χ3n) is 2.69. The van der Waals surface area contributed by atoms with Crippen molar-refractivity contribution in [3.05, 3.63) is 39.8 Å². The van der Waals surface area contributed by atoms with Crippen molar-refractivity contribution >= 4 is 27.5 Å². The number of nitrogens with zero attached hydrogens (tertiary/aromatic N) is 1. The zero-order chi connectivity index (χ0) is 14.8. The second kappa shape index (κ2) is 6.29. The van der Waals surface area contributed by atoms with Crippen LogP contribution in [0.4, 0.5) is 0 Å². The quantitative estimate of drug-likeness (QED) is 0.862. The van der Waals surface area contributed by atoms with Crippen LogP contribution in [0.3, 0.4) is 0 Å². The summed E-state index contributed by atoms with van der Waals surface area (Å²) in [7, 11) is 0. The molecule has 0 radical (unpaired) electrons. The Bertz CT molecular complexity index is 570. The maximum Gasteiger partial charge on any atom is 0.196 e. The van der Waals surface area contributed by atoms with Crippen molar-refractivity contribution < 1.29 is 4.42 Å². The van der Waals surface area contributed by atoms with E-state index in [1.165, 1.54) is 0 Å². The zero-order valence-electron chi connectivity index (χ0n) is 11.8. The van der Waals surface area contributed by atoms with Crippen molar-refractivity contribution in [1.82, 2.24) is 10.3 Å². The van der Waals surface area contributed by atoms with Crippen LogP contribution in [0.1, 0.15) is 26.7 Å². The Kier molecular flexibility index (Phi) is 4.89. The standard InChI is InChI=1S/C15H18BrClN2O/c1-15(2,3)19-5-4-14-18-9-13(20-14)10-6-11(16)8-12(17)7-10/h6-9,19H,4-5H2,1-3H3. The minimum atomic E-state index is 0.104. The average molecular weight is 358 g/mol. The van der Waals surface area contributed by atoms with Gasteiger partial charge in [-0.3, -0.25) is 0 Å². The van der Waals surface area contributed by atoms with Crippen molar-refractivity contribution in [3.63, 3.8) is 0 Å². The van der Waals surface area contributed by atoms with E-state index < -0.39 is 0 Å². The van der Waals surface area contributed by atoms with E-state index in [4.69, 9.17) is 16.0 Å². The van der Waals surface area contributed by atoms with E-state index in [9.17, 15) is 0 Å². The topological polar surface area (TPSA) is 38.1 Å². The Labute approximate surface area is 132 Å². The first-order valence-electron chi connectivity index (χ1n) is 6.50. The number of benzene rings is 1. The SMILES string of the molecule is CC(C)(C)NCCc1ncc(-c2cc(Cl)cc(Br)c2)o1. The highest BCUT2D eigenvalue weighted by Crippen LogP contribution is 2.27. The van der Waals surface area contributed by atoms with Gasteiger partial charge in [0, 0.05) is 33.6 Å². The summed E-state index contributed by atoms with van der Waals surface area (Å²) in [4.78, 5) is 4.31. The molecule has 0 spiro atoms. The van der Waals surface area contributed by atoms with E-state index in [0.717, 1.165) is 34.7 Å². The first-order chi connectivity index (χ1) is 9.33. The molecule has 1 aromatic heterocycles. The minimum absolute atomic E-state index is 0.104. The summed E-state index contributed by atoms with van der Waals surface area (Å²) in [6.45, 7) is 7.25. The van der Waals surface area contributed by atoms with Crippen molar-refractivity contribution in [2.24, 2.45) is 0 Å². The molecule has 5 heteroatoms. The lowest BCUT2D eigenvalue weighted by Gasteiger charge is -2.19. The highest BCUT2D eigenvalue weighted by Gasteiger charge is 2.11. The van der Waals surface area contributed by atoms with E-state index in [-0.39, 0.29) is 5.54 Å². The first-order valence-corrected chi connectivity index (χ1v) is 7.67. The van der Waals surface area contributed by atoms with Crippen molar-refractivity contribution in [1.29, 1.82) is 0 Å². The fraction of sp³-hybridized carbons (Fsp3) is 0.400. The van der Waals surface area contributed by atoms with Crippen LogP contribution in [0, 0.1) is 0 Å². The Hall–Kier alpha value is -0.840. The number of nitrogens with one attached hydrogen (secondary N) is 1. The predicted octanol–water partition coefficient (Wildman–Crippen LogP) is 4.69. The molecule has 0 atom stereocenters. The lowest BCUT2D eigenvalue weighted by Crippen LogP contribution is -2.37. The summed E-state index contributed by atoms with van der Waals surface area (Å²) in [5, 5.41) is 4.08. The largest absolute Gasteiger partial charge is 0.441 e. The highest BCUT2D eigenvalue weighted by atomic mass is 79.9. The van der Waals surface area contributed by atoms with Crippen molar-refractivity contribution in [3.8, 4) is 11.3 Å². The van der Waals surface area contributed by atoms with Gasteiger partial charge in [0.25, 0.3) is 0 Å². The minimum Gasteiger partial charge on any atom is -0.441 e. The van der Waals surface area contributed by atoms with Gasteiger partial charge in [0.05, 0.1) is 6.20 Å². The van der Waals surface area contributed by atoms with Gasteiger partial charge >= 0.3 is 0 Å². The zero-order valence-corrected chi connectivity index (χ0v) is 14.2. The molecular weight excluding hydrogens is 340 g/mol. The van der Waals surface area contributed by atoms with Gasteiger partial charge < -0.3 is 9.73 Å². The molecule has 1 N–H and O–H groups in total. The highest BCUT2D eigenvalue weighted by molar-refractivity contribution is 9.10. The summed E-state index contributed by atoms with van der Waals surface area (Å²) >= 11 is 9.46. The fourth-order valence-electron chi connectivity index (χ4n) is 1.80. The van der Waals surface area contributed by atoms with E-state index in [0.29, 0.717) is 5.02 Å². The normalized spacial score (nSPS) is 11.8. The fourth-order valence-corrected chi connectivity index (χ4v) is 2.66. The molecule has 0 fully saturated rings. The van der Waals surface area contributed by atoms with Crippen LogP contribution >= 0.6 is 27.5 Å². The van der Waals surface area contributed by atoms with Crippen LogP contribution in [0.2, 0.25) is 5.02 Å². The van der Waals surface area contributed by atoms with Crippen LogP contribution in [-0.4, -0.2) is 17.1 Å². The summed E-state index contributed by atoms with van der Waals surface area (Å²) in [6, 6.07) is 5.67. The smallest absolute Gasteiger partial charge is 0.196 e. The molecule has 2 aromatic rings. The summed E-state index contributed by atoms with van der Waals surface area (Å²) in [5.41, 5.74) is 1.03. The van der Waals surface area contributed by atoms with Crippen LogP contribution < -0.4 is 5.32 Å². The van der Waals surface area contributed by atoms with Crippen LogP contribution in [0.15, 0.2) is 33.3 Å². The summed E-state index contributed by atoms with van der Waals surface area (Å²) < 4.78 is 6.69. The molecule has 0 aliphatic heterocycles. The van der Waals surface area contributed by atoms with Crippen molar-refractivity contribution in [2.75, 3.05) is 6.54 Å². The average Bonchev–Trinajstić information content (AvgIpc) is 2.74. The van der Waals surface area contributed by atoms with Gasteiger partial charge in [-0.2, -0.15) is 0 Å². The van der Waals surface area contributed by atoms with E-state index in [2.05, 4.69) is 47.0 Å². The Morgan fingerprint density at radius 3 is 2.70 bits per heavy atom. The molecule has 1 aromatic carbocycles. The van der Waals surface area contributed by atoms with Gasteiger partial charge in [0.15, 0.2) is 11.7 Å². The molecule has 0 saturated heterocycles. The molecule has 0 amide bonds. The Morgan fingerprint density at radius 2 is 2.05 bits per heavy atom. The summed E-state index contributed by atoms with van der Waals surface area (Å²) in [6.07, 6.45) is 2.50. The van der Waals surface area contributed by atoms with Crippen LogP contribution in [0.5, 0.6) is 0 Å². The molecule has 2 rings (SSSR count). The third-order valence-corrected chi connectivity index (χ3v) is 3.37. The number of hydrogen-bond donors (Lipinski definition) is 1. The second-order valence-corrected chi connectivity index (χ2v) is 7.06.